The zero-order valence-corrected chi connectivity index (χ0v) is 15.9. The van der Waals surface area contributed by atoms with Gasteiger partial charge in [-0.1, -0.05) is 29.3 Å². The topological polar surface area (TPSA) is 79.0 Å². The Bertz CT molecular complexity index is 1110. The van der Waals surface area contributed by atoms with Gasteiger partial charge in [0.1, 0.15) is 0 Å². The van der Waals surface area contributed by atoms with Gasteiger partial charge < -0.3 is 4.98 Å². The Kier molecular flexibility index (Phi) is 4.98. The van der Waals surface area contributed by atoms with Gasteiger partial charge in [0.25, 0.3) is 5.56 Å². The van der Waals surface area contributed by atoms with Crippen molar-refractivity contribution in [1.29, 1.82) is 0 Å². The van der Waals surface area contributed by atoms with Crippen molar-refractivity contribution in [3.05, 3.63) is 75.1 Å². The molecule has 0 saturated heterocycles. The molecule has 0 aliphatic heterocycles. The summed E-state index contributed by atoms with van der Waals surface area (Å²) >= 11 is 0. The molecule has 0 unspecified atom stereocenters. The summed E-state index contributed by atoms with van der Waals surface area (Å²) in [5, 5.41) is 0.957. The lowest BCUT2D eigenvalue weighted by atomic mass is 10.0. The van der Waals surface area contributed by atoms with Crippen LogP contribution in [0.2, 0.25) is 0 Å². The highest BCUT2D eigenvalue weighted by molar-refractivity contribution is 7.89. The summed E-state index contributed by atoms with van der Waals surface area (Å²) in [6.07, 6.45) is 0.323. The average molecular weight is 370 g/mol. The number of sulfonamides is 1. The molecule has 0 amide bonds. The van der Waals surface area contributed by atoms with Crippen LogP contribution in [0, 0.1) is 20.8 Å². The third-order valence-corrected chi connectivity index (χ3v) is 5.86. The van der Waals surface area contributed by atoms with E-state index in [2.05, 4.69) is 9.71 Å². The van der Waals surface area contributed by atoms with Gasteiger partial charge in [-0.05, 0) is 62.4 Å². The Morgan fingerprint density at radius 1 is 0.962 bits per heavy atom. The SMILES string of the molecule is Cc1ccc(S(=O)(=O)NCCc2cc3cc(C)cc(C)c3[nH]c2=O)cc1. The number of aryl methyl sites for hydroxylation is 3. The minimum atomic E-state index is -3.58. The number of benzene rings is 2. The monoisotopic (exact) mass is 370 g/mol. The van der Waals surface area contributed by atoms with E-state index in [0.29, 0.717) is 12.0 Å². The van der Waals surface area contributed by atoms with Crippen LogP contribution in [0.4, 0.5) is 0 Å². The molecule has 0 fully saturated rings. The normalized spacial score (nSPS) is 11.8. The van der Waals surface area contributed by atoms with Crippen LogP contribution in [-0.2, 0) is 16.4 Å². The molecule has 0 spiro atoms. The smallest absolute Gasteiger partial charge is 0.251 e. The first kappa shape index (κ1) is 18.4. The van der Waals surface area contributed by atoms with Crippen molar-refractivity contribution in [3.63, 3.8) is 0 Å². The van der Waals surface area contributed by atoms with E-state index in [4.69, 9.17) is 0 Å². The van der Waals surface area contributed by atoms with Gasteiger partial charge in [0, 0.05) is 12.1 Å². The molecule has 0 saturated carbocycles. The van der Waals surface area contributed by atoms with Gasteiger partial charge in [-0.15, -0.1) is 0 Å². The predicted octanol–water partition coefficient (Wildman–Crippen LogP) is 2.97. The van der Waals surface area contributed by atoms with Crippen LogP contribution in [0.3, 0.4) is 0 Å². The van der Waals surface area contributed by atoms with Gasteiger partial charge in [0.15, 0.2) is 0 Å². The second kappa shape index (κ2) is 7.05. The maximum atomic E-state index is 12.3. The van der Waals surface area contributed by atoms with E-state index in [9.17, 15) is 13.2 Å². The minimum Gasteiger partial charge on any atom is -0.321 e. The lowest BCUT2D eigenvalue weighted by molar-refractivity contribution is 0.581. The molecule has 6 heteroatoms. The van der Waals surface area contributed by atoms with E-state index in [0.717, 1.165) is 27.6 Å². The fraction of sp³-hybridized carbons (Fsp3) is 0.250. The van der Waals surface area contributed by atoms with Crippen molar-refractivity contribution in [2.24, 2.45) is 0 Å². The average Bonchev–Trinajstić information content (AvgIpc) is 2.56. The Hall–Kier alpha value is -2.44. The molecule has 3 rings (SSSR count). The third kappa shape index (κ3) is 3.86. The van der Waals surface area contributed by atoms with E-state index in [1.807, 2.05) is 39.0 Å². The molecule has 3 aromatic rings. The van der Waals surface area contributed by atoms with Crippen LogP contribution in [0.15, 0.2) is 52.2 Å². The molecule has 0 radical (unpaired) electrons. The van der Waals surface area contributed by atoms with Crippen LogP contribution >= 0.6 is 0 Å². The molecular formula is C20H22N2O3S. The molecule has 2 N–H and O–H groups in total. The fourth-order valence-corrected chi connectivity index (χ4v) is 4.07. The first-order valence-electron chi connectivity index (χ1n) is 8.46. The lowest BCUT2D eigenvalue weighted by Crippen LogP contribution is -2.27. The van der Waals surface area contributed by atoms with Crippen molar-refractivity contribution in [1.82, 2.24) is 9.71 Å². The minimum absolute atomic E-state index is 0.162. The van der Waals surface area contributed by atoms with Crippen LogP contribution in [0.25, 0.3) is 10.9 Å². The number of aromatic amines is 1. The molecule has 0 bridgehead atoms. The number of hydrogen-bond acceptors (Lipinski definition) is 3. The molecule has 5 nitrogen and oxygen atoms in total. The first-order valence-corrected chi connectivity index (χ1v) is 9.94. The fourth-order valence-electron chi connectivity index (χ4n) is 3.04. The maximum absolute atomic E-state index is 12.3. The number of pyridine rings is 1. The summed E-state index contributed by atoms with van der Waals surface area (Å²) in [4.78, 5) is 15.4. The van der Waals surface area contributed by atoms with Gasteiger partial charge in [-0.25, -0.2) is 13.1 Å². The highest BCUT2D eigenvalue weighted by atomic mass is 32.2. The zero-order chi connectivity index (χ0) is 18.9. The summed E-state index contributed by atoms with van der Waals surface area (Å²) in [6, 6.07) is 12.5. The second-order valence-electron chi connectivity index (χ2n) is 6.63. The van der Waals surface area contributed by atoms with Crippen molar-refractivity contribution in [2.75, 3.05) is 6.54 Å². The number of H-pyrrole nitrogens is 1. The van der Waals surface area contributed by atoms with E-state index >= 15 is 0 Å². The van der Waals surface area contributed by atoms with Crippen LogP contribution in [0.5, 0.6) is 0 Å². The van der Waals surface area contributed by atoms with Crippen molar-refractivity contribution < 1.29 is 8.42 Å². The van der Waals surface area contributed by atoms with Gasteiger partial charge in [-0.2, -0.15) is 0 Å². The van der Waals surface area contributed by atoms with E-state index < -0.39 is 10.0 Å². The molecule has 26 heavy (non-hydrogen) atoms. The van der Waals surface area contributed by atoms with E-state index in [1.165, 1.54) is 0 Å². The summed E-state index contributed by atoms with van der Waals surface area (Å²) in [6.45, 7) is 6.03. The number of rotatable bonds is 5. The summed E-state index contributed by atoms with van der Waals surface area (Å²) in [5.74, 6) is 0. The molecule has 1 aromatic heterocycles. The highest BCUT2D eigenvalue weighted by Gasteiger charge is 2.13. The van der Waals surface area contributed by atoms with E-state index in [-0.39, 0.29) is 17.0 Å². The van der Waals surface area contributed by atoms with E-state index in [1.54, 1.807) is 24.3 Å². The molecule has 2 aromatic carbocycles. The van der Waals surface area contributed by atoms with Gasteiger partial charge >= 0.3 is 0 Å². The molecule has 136 valence electrons. The molecule has 1 heterocycles. The third-order valence-electron chi connectivity index (χ3n) is 4.39. The predicted molar refractivity (Wildman–Crippen MR) is 104 cm³/mol. The lowest BCUT2D eigenvalue weighted by Gasteiger charge is -2.09. The van der Waals surface area contributed by atoms with Crippen LogP contribution in [-0.4, -0.2) is 19.9 Å². The maximum Gasteiger partial charge on any atom is 0.251 e. The Morgan fingerprint density at radius 3 is 2.35 bits per heavy atom. The second-order valence-corrected chi connectivity index (χ2v) is 8.40. The van der Waals surface area contributed by atoms with Crippen molar-refractivity contribution in [3.8, 4) is 0 Å². The first-order chi connectivity index (χ1) is 12.3. The largest absolute Gasteiger partial charge is 0.321 e. The summed E-state index contributed by atoms with van der Waals surface area (Å²) < 4.78 is 27.2. The van der Waals surface area contributed by atoms with Crippen LogP contribution in [0.1, 0.15) is 22.3 Å². The highest BCUT2D eigenvalue weighted by Crippen LogP contribution is 2.18. The molecule has 0 aliphatic carbocycles. The summed E-state index contributed by atoms with van der Waals surface area (Å²) in [5.41, 5.74) is 4.34. The van der Waals surface area contributed by atoms with Gasteiger partial charge in [0.2, 0.25) is 10.0 Å². The number of fused-ring (bicyclic) bond motifs is 1. The van der Waals surface area contributed by atoms with Gasteiger partial charge in [0.05, 0.1) is 10.4 Å². The Morgan fingerprint density at radius 2 is 1.65 bits per heavy atom. The standard InChI is InChI=1S/C20H22N2O3S/c1-13-4-6-18(7-5-13)26(24,25)21-9-8-16-12-17-11-14(2)10-15(3)19(17)22-20(16)23/h4-7,10-12,21H,8-9H2,1-3H3,(H,22,23). The Balaban J connectivity index is 1.78. The van der Waals surface area contributed by atoms with Crippen LogP contribution < -0.4 is 10.3 Å². The molecule has 0 aliphatic rings. The van der Waals surface area contributed by atoms with Crippen molar-refractivity contribution in [2.45, 2.75) is 32.1 Å². The number of nitrogens with one attached hydrogen (secondary N) is 2. The number of hydrogen-bond donors (Lipinski definition) is 2. The zero-order valence-electron chi connectivity index (χ0n) is 15.1. The quantitative estimate of drug-likeness (QED) is 0.725. The van der Waals surface area contributed by atoms with Gasteiger partial charge in [-0.3, -0.25) is 4.79 Å². The molecule has 0 atom stereocenters. The molecular weight excluding hydrogens is 348 g/mol. The Labute approximate surface area is 153 Å². The number of aromatic nitrogens is 1. The summed E-state index contributed by atoms with van der Waals surface area (Å²) in [7, 11) is -3.58. The van der Waals surface area contributed by atoms with Crippen molar-refractivity contribution >= 4 is 20.9 Å².